The minimum absolute atomic E-state index is 0.189. The van der Waals surface area contributed by atoms with Gasteiger partial charge >= 0.3 is 5.97 Å². The lowest BCUT2D eigenvalue weighted by Crippen LogP contribution is -2.52. The van der Waals surface area contributed by atoms with Crippen molar-refractivity contribution < 1.29 is 14.3 Å². The first kappa shape index (κ1) is 16.7. The lowest BCUT2D eigenvalue weighted by Gasteiger charge is -2.37. The number of nitrogens with zero attached hydrogens (tertiary/aromatic N) is 3. The summed E-state index contributed by atoms with van der Waals surface area (Å²) in [6.45, 7) is 5.72. The molecule has 0 aromatic carbocycles. The third-order valence-corrected chi connectivity index (χ3v) is 3.01. The molecule has 0 fully saturated rings. The standard InChI is InChI=1S/C14H20N4O3/c1-14(2,3)12(13(20)21-4)18(11(19)5-6-15)9-10-7-16-17-8-10/h7-8,12H,5,9H2,1-4H3,(H,16,17). The molecule has 1 amide bonds. The SMILES string of the molecule is COC(=O)C(N(Cc1cn[nH]c1)C(=O)CC#N)C(C)(C)C. The third kappa shape index (κ3) is 4.31. The molecule has 0 aliphatic rings. The number of hydrogen-bond acceptors (Lipinski definition) is 5. The minimum atomic E-state index is -0.779. The van der Waals surface area contributed by atoms with Crippen LogP contribution < -0.4 is 0 Å². The van der Waals surface area contributed by atoms with Crippen molar-refractivity contribution in [1.82, 2.24) is 15.1 Å². The van der Waals surface area contributed by atoms with Gasteiger partial charge in [-0.1, -0.05) is 20.8 Å². The number of aromatic nitrogens is 2. The van der Waals surface area contributed by atoms with Crippen LogP contribution in [0.5, 0.6) is 0 Å². The van der Waals surface area contributed by atoms with Crippen LogP contribution in [0.2, 0.25) is 0 Å². The van der Waals surface area contributed by atoms with Crippen LogP contribution in [0.25, 0.3) is 0 Å². The van der Waals surface area contributed by atoms with Gasteiger partial charge in [-0.2, -0.15) is 10.4 Å². The van der Waals surface area contributed by atoms with Gasteiger partial charge in [0, 0.05) is 18.3 Å². The lowest BCUT2D eigenvalue weighted by atomic mass is 9.85. The maximum atomic E-state index is 12.2. The molecule has 0 bridgehead atoms. The molecule has 21 heavy (non-hydrogen) atoms. The molecule has 0 spiro atoms. The molecular weight excluding hydrogens is 272 g/mol. The van der Waals surface area contributed by atoms with Crippen LogP contribution in [0.4, 0.5) is 0 Å². The van der Waals surface area contributed by atoms with Gasteiger partial charge < -0.3 is 9.64 Å². The van der Waals surface area contributed by atoms with E-state index in [4.69, 9.17) is 10.00 Å². The molecule has 114 valence electrons. The van der Waals surface area contributed by atoms with E-state index in [9.17, 15) is 9.59 Å². The Kier molecular flexibility index (Phi) is 5.47. The van der Waals surface area contributed by atoms with Crippen molar-refractivity contribution in [3.63, 3.8) is 0 Å². The average molecular weight is 292 g/mol. The molecule has 1 unspecified atom stereocenters. The monoisotopic (exact) mass is 292 g/mol. The van der Waals surface area contributed by atoms with E-state index >= 15 is 0 Å². The minimum Gasteiger partial charge on any atom is -0.467 e. The molecule has 1 rings (SSSR count). The Hall–Kier alpha value is -2.36. The Morgan fingerprint density at radius 2 is 2.19 bits per heavy atom. The van der Waals surface area contributed by atoms with Crippen molar-refractivity contribution in [3.05, 3.63) is 18.0 Å². The summed E-state index contributed by atoms with van der Waals surface area (Å²) >= 11 is 0. The summed E-state index contributed by atoms with van der Waals surface area (Å²) in [6.07, 6.45) is 2.93. The van der Waals surface area contributed by atoms with Gasteiger partial charge in [-0.05, 0) is 5.41 Å². The fraction of sp³-hybridized carbons (Fsp3) is 0.571. The van der Waals surface area contributed by atoms with Gasteiger partial charge in [-0.3, -0.25) is 9.89 Å². The van der Waals surface area contributed by atoms with Crippen molar-refractivity contribution in [2.45, 2.75) is 39.8 Å². The number of nitriles is 1. The normalized spacial score (nSPS) is 12.3. The van der Waals surface area contributed by atoms with Crippen LogP contribution in [-0.4, -0.2) is 40.1 Å². The number of ether oxygens (including phenoxy) is 1. The molecular formula is C14H20N4O3. The quantitative estimate of drug-likeness (QED) is 0.823. The highest BCUT2D eigenvalue weighted by molar-refractivity contribution is 5.86. The Bertz CT molecular complexity index is 525. The van der Waals surface area contributed by atoms with Gasteiger partial charge in [0.1, 0.15) is 12.5 Å². The van der Waals surface area contributed by atoms with Gasteiger partial charge in [0.25, 0.3) is 0 Å². The summed E-state index contributed by atoms with van der Waals surface area (Å²) < 4.78 is 4.83. The largest absolute Gasteiger partial charge is 0.467 e. The maximum absolute atomic E-state index is 12.2. The first-order valence-corrected chi connectivity index (χ1v) is 6.53. The number of nitrogens with one attached hydrogen (secondary N) is 1. The highest BCUT2D eigenvalue weighted by Crippen LogP contribution is 2.27. The lowest BCUT2D eigenvalue weighted by molar-refractivity contribution is -0.158. The number of carbonyl (C=O) groups is 2. The zero-order valence-corrected chi connectivity index (χ0v) is 12.7. The highest BCUT2D eigenvalue weighted by Gasteiger charge is 2.39. The average Bonchev–Trinajstić information content (AvgIpc) is 2.89. The fourth-order valence-corrected chi connectivity index (χ4v) is 2.11. The van der Waals surface area contributed by atoms with Crippen molar-refractivity contribution in [1.29, 1.82) is 5.26 Å². The van der Waals surface area contributed by atoms with Crippen LogP contribution in [0.3, 0.4) is 0 Å². The van der Waals surface area contributed by atoms with Crippen molar-refractivity contribution in [2.75, 3.05) is 7.11 Å². The van der Waals surface area contributed by atoms with Gasteiger partial charge in [0.2, 0.25) is 5.91 Å². The van der Waals surface area contributed by atoms with Gasteiger partial charge in [0.05, 0.1) is 19.4 Å². The van der Waals surface area contributed by atoms with E-state index in [1.54, 1.807) is 12.4 Å². The third-order valence-electron chi connectivity index (χ3n) is 3.01. The number of aromatic amines is 1. The summed E-state index contributed by atoms with van der Waals surface area (Å²) in [7, 11) is 1.28. The zero-order chi connectivity index (χ0) is 16.0. The molecule has 1 heterocycles. The number of rotatable bonds is 5. The Labute approximate surface area is 123 Å². The van der Waals surface area contributed by atoms with Crippen molar-refractivity contribution in [3.8, 4) is 6.07 Å². The second kappa shape index (κ2) is 6.88. The second-order valence-electron chi connectivity index (χ2n) is 5.75. The Morgan fingerprint density at radius 1 is 1.52 bits per heavy atom. The summed E-state index contributed by atoms with van der Waals surface area (Å²) in [5.41, 5.74) is 0.224. The van der Waals surface area contributed by atoms with Gasteiger partial charge in [0.15, 0.2) is 0 Å². The molecule has 0 radical (unpaired) electrons. The molecule has 7 heteroatoms. The van der Waals surface area contributed by atoms with E-state index in [1.165, 1.54) is 12.0 Å². The number of esters is 1. The maximum Gasteiger partial charge on any atom is 0.329 e. The predicted molar refractivity (Wildman–Crippen MR) is 74.6 cm³/mol. The number of hydrogen-bond donors (Lipinski definition) is 1. The topological polar surface area (TPSA) is 99.1 Å². The van der Waals surface area contributed by atoms with Crippen LogP contribution in [0, 0.1) is 16.7 Å². The van der Waals surface area contributed by atoms with Gasteiger partial charge in [-0.15, -0.1) is 0 Å². The Balaban J connectivity index is 3.15. The molecule has 0 aliphatic carbocycles. The molecule has 0 saturated carbocycles. The molecule has 1 N–H and O–H groups in total. The number of carbonyl (C=O) groups excluding carboxylic acids is 2. The van der Waals surface area contributed by atoms with E-state index < -0.39 is 23.3 Å². The molecule has 7 nitrogen and oxygen atoms in total. The van der Waals surface area contributed by atoms with E-state index in [0.29, 0.717) is 0 Å². The van der Waals surface area contributed by atoms with E-state index in [-0.39, 0.29) is 13.0 Å². The van der Waals surface area contributed by atoms with Crippen molar-refractivity contribution in [2.24, 2.45) is 5.41 Å². The second-order valence-corrected chi connectivity index (χ2v) is 5.75. The summed E-state index contributed by atoms with van der Waals surface area (Å²) in [5.74, 6) is -0.915. The van der Waals surface area contributed by atoms with E-state index in [1.807, 2.05) is 26.8 Å². The zero-order valence-electron chi connectivity index (χ0n) is 12.7. The fourth-order valence-electron chi connectivity index (χ4n) is 2.11. The molecule has 1 aromatic heterocycles. The first-order valence-electron chi connectivity index (χ1n) is 6.53. The van der Waals surface area contributed by atoms with E-state index in [0.717, 1.165) is 5.56 Å². The van der Waals surface area contributed by atoms with Crippen LogP contribution >= 0.6 is 0 Å². The number of amides is 1. The highest BCUT2D eigenvalue weighted by atomic mass is 16.5. The van der Waals surface area contributed by atoms with Crippen LogP contribution in [-0.2, 0) is 20.9 Å². The molecule has 0 aliphatic heterocycles. The number of methoxy groups -OCH3 is 1. The van der Waals surface area contributed by atoms with Gasteiger partial charge in [-0.25, -0.2) is 4.79 Å². The number of H-pyrrole nitrogens is 1. The summed E-state index contributed by atoms with van der Waals surface area (Å²) in [4.78, 5) is 25.7. The molecule has 0 saturated heterocycles. The summed E-state index contributed by atoms with van der Waals surface area (Å²) in [6, 6.07) is 1.04. The predicted octanol–water partition coefficient (Wildman–Crippen LogP) is 1.24. The summed E-state index contributed by atoms with van der Waals surface area (Å²) in [5, 5.41) is 15.2. The smallest absolute Gasteiger partial charge is 0.329 e. The van der Waals surface area contributed by atoms with Crippen LogP contribution in [0.1, 0.15) is 32.8 Å². The molecule has 1 aromatic rings. The van der Waals surface area contributed by atoms with Crippen LogP contribution in [0.15, 0.2) is 12.4 Å². The first-order chi connectivity index (χ1) is 9.81. The van der Waals surface area contributed by atoms with Crippen molar-refractivity contribution >= 4 is 11.9 Å². The Morgan fingerprint density at radius 3 is 2.62 bits per heavy atom. The molecule has 1 atom stereocenters. The van der Waals surface area contributed by atoms with E-state index in [2.05, 4.69) is 10.2 Å².